The molecule has 1 aliphatic heterocycles. The van der Waals surface area contributed by atoms with Gasteiger partial charge in [-0.15, -0.1) is 4.48 Å². The van der Waals surface area contributed by atoms with Crippen molar-refractivity contribution >= 4 is 0 Å². The molecule has 1 aliphatic rings. The third kappa shape index (κ3) is 2.21. The molecule has 1 saturated heterocycles. The smallest absolute Gasteiger partial charge is 0.0844 e. The van der Waals surface area contributed by atoms with Gasteiger partial charge in [0.15, 0.2) is 0 Å². The Hall–Kier alpha value is -0.190. The lowest BCUT2D eigenvalue weighted by Gasteiger charge is -2.27. The van der Waals surface area contributed by atoms with E-state index in [1.54, 1.807) is 0 Å². The van der Waals surface area contributed by atoms with Crippen LogP contribution in [0.4, 0.5) is 4.48 Å². The van der Waals surface area contributed by atoms with E-state index in [1.807, 2.05) is 0 Å². The van der Waals surface area contributed by atoms with Crippen LogP contribution in [-0.4, -0.2) is 31.1 Å². The molecule has 0 aromatic rings. The van der Waals surface area contributed by atoms with Gasteiger partial charge in [0.1, 0.15) is 0 Å². The summed E-state index contributed by atoms with van der Waals surface area (Å²) in [6.07, 6.45) is 1.88. The van der Waals surface area contributed by atoms with Crippen LogP contribution in [0.5, 0.6) is 0 Å². The van der Waals surface area contributed by atoms with Gasteiger partial charge in [-0.3, -0.25) is 4.84 Å². The highest BCUT2D eigenvalue weighted by Crippen LogP contribution is 2.10. The van der Waals surface area contributed by atoms with Crippen LogP contribution >= 0.6 is 0 Å². The SMILES string of the molecule is CN1CCC(ONF)CC1. The van der Waals surface area contributed by atoms with Crippen LogP contribution in [0.2, 0.25) is 0 Å². The standard InChI is InChI=1S/C6H13FN2O/c1-9-4-2-6(3-5-9)10-8-7/h6,8H,2-5H2,1H3. The number of nitrogens with zero attached hydrogens (tertiary/aromatic N) is 1. The number of piperidine rings is 1. The van der Waals surface area contributed by atoms with E-state index in [4.69, 9.17) is 0 Å². The lowest BCUT2D eigenvalue weighted by atomic mass is 10.1. The maximum atomic E-state index is 11.4. The molecule has 0 aliphatic carbocycles. The van der Waals surface area contributed by atoms with E-state index < -0.39 is 0 Å². The number of hydrogen-bond donors (Lipinski definition) is 1. The lowest BCUT2D eigenvalue weighted by Crippen LogP contribution is -2.35. The largest absolute Gasteiger partial charge is 0.306 e. The molecule has 1 fully saturated rings. The Morgan fingerprint density at radius 1 is 1.50 bits per heavy atom. The van der Waals surface area contributed by atoms with Gasteiger partial charge in [-0.25, -0.2) is 0 Å². The van der Waals surface area contributed by atoms with E-state index in [0.29, 0.717) is 0 Å². The molecule has 0 atom stereocenters. The first kappa shape index (κ1) is 7.91. The van der Waals surface area contributed by atoms with Gasteiger partial charge in [-0.2, -0.15) is 0 Å². The van der Waals surface area contributed by atoms with Gasteiger partial charge >= 0.3 is 0 Å². The minimum Gasteiger partial charge on any atom is -0.306 e. The van der Waals surface area contributed by atoms with Crippen molar-refractivity contribution in [1.82, 2.24) is 10.6 Å². The Labute approximate surface area is 60.0 Å². The van der Waals surface area contributed by atoms with Crippen molar-refractivity contribution in [1.29, 1.82) is 0 Å². The van der Waals surface area contributed by atoms with Gasteiger partial charge in [-0.1, -0.05) is 0 Å². The topological polar surface area (TPSA) is 24.5 Å². The Kier molecular flexibility index (Phi) is 3.05. The van der Waals surface area contributed by atoms with E-state index in [-0.39, 0.29) is 6.10 Å². The molecule has 0 aromatic carbocycles. The van der Waals surface area contributed by atoms with Crippen molar-refractivity contribution < 1.29 is 9.32 Å². The molecule has 1 N–H and O–H groups in total. The number of hydrogen-bond acceptors (Lipinski definition) is 3. The minimum atomic E-state index is 0.0567. The fourth-order valence-electron chi connectivity index (χ4n) is 1.17. The zero-order valence-electron chi connectivity index (χ0n) is 6.14. The molecular formula is C6H13FN2O. The molecule has 0 bridgehead atoms. The Balaban J connectivity index is 2.13. The fourth-order valence-corrected chi connectivity index (χ4v) is 1.17. The molecule has 0 aromatic heterocycles. The van der Waals surface area contributed by atoms with Crippen LogP contribution in [-0.2, 0) is 4.84 Å². The normalized spacial score (nSPS) is 23.4. The molecule has 4 heteroatoms. The molecule has 10 heavy (non-hydrogen) atoms. The molecular weight excluding hydrogens is 135 g/mol. The van der Waals surface area contributed by atoms with Gasteiger partial charge in [0, 0.05) is 13.1 Å². The monoisotopic (exact) mass is 148 g/mol. The van der Waals surface area contributed by atoms with Crippen LogP contribution in [0.25, 0.3) is 0 Å². The van der Waals surface area contributed by atoms with E-state index >= 15 is 0 Å². The van der Waals surface area contributed by atoms with Gasteiger partial charge < -0.3 is 4.90 Å². The van der Waals surface area contributed by atoms with Crippen molar-refractivity contribution in [3.05, 3.63) is 0 Å². The second-order valence-corrected chi connectivity index (χ2v) is 2.70. The summed E-state index contributed by atoms with van der Waals surface area (Å²) in [5.74, 6) is 0. The highest BCUT2D eigenvalue weighted by Gasteiger charge is 2.16. The predicted octanol–water partition coefficient (Wildman–Crippen LogP) is 0.486. The zero-order chi connectivity index (χ0) is 7.40. The third-order valence-corrected chi connectivity index (χ3v) is 1.88. The van der Waals surface area contributed by atoms with Crippen molar-refractivity contribution in [3.63, 3.8) is 0 Å². The first-order chi connectivity index (χ1) is 4.83. The Morgan fingerprint density at radius 2 is 2.10 bits per heavy atom. The molecule has 0 unspecified atom stereocenters. The maximum Gasteiger partial charge on any atom is 0.0844 e. The van der Waals surface area contributed by atoms with E-state index in [9.17, 15) is 4.48 Å². The summed E-state index contributed by atoms with van der Waals surface area (Å²) < 4.78 is 11.4. The quantitative estimate of drug-likeness (QED) is 0.455. The van der Waals surface area contributed by atoms with Crippen LogP contribution in [0.15, 0.2) is 0 Å². The van der Waals surface area contributed by atoms with Crippen LogP contribution in [0, 0.1) is 0 Å². The molecule has 0 amide bonds. The van der Waals surface area contributed by atoms with Crippen molar-refractivity contribution in [2.75, 3.05) is 20.1 Å². The Bertz CT molecular complexity index is 93.7. The lowest BCUT2D eigenvalue weighted by molar-refractivity contribution is -0.123. The second kappa shape index (κ2) is 3.85. The summed E-state index contributed by atoms with van der Waals surface area (Å²) >= 11 is 0. The molecule has 1 rings (SSSR count). The number of nitrogens with one attached hydrogen (secondary N) is 1. The summed E-state index contributed by atoms with van der Waals surface area (Å²) in [5, 5.41) is 0. The number of halogens is 1. The highest BCUT2D eigenvalue weighted by atomic mass is 19.2. The zero-order valence-corrected chi connectivity index (χ0v) is 6.14. The number of likely N-dealkylation sites (tertiary alicyclic amines) is 1. The van der Waals surface area contributed by atoms with Crippen LogP contribution < -0.4 is 5.70 Å². The van der Waals surface area contributed by atoms with E-state index in [1.165, 1.54) is 5.70 Å². The fraction of sp³-hybridized carbons (Fsp3) is 1.00. The second-order valence-electron chi connectivity index (χ2n) is 2.70. The minimum absolute atomic E-state index is 0.0567. The summed E-state index contributed by atoms with van der Waals surface area (Å²) in [7, 11) is 2.05. The summed E-state index contributed by atoms with van der Waals surface area (Å²) in [5.41, 5.74) is 1.23. The summed E-state index contributed by atoms with van der Waals surface area (Å²) in [6, 6.07) is 0. The number of rotatable bonds is 2. The maximum absolute atomic E-state index is 11.4. The molecule has 0 radical (unpaired) electrons. The predicted molar refractivity (Wildman–Crippen MR) is 35.8 cm³/mol. The van der Waals surface area contributed by atoms with Gasteiger partial charge in [-0.05, 0) is 25.6 Å². The highest BCUT2D eigenvalue weighted by molar-refractivity contribution is 4.68. The summed E-state index contributed by atoms with van der Waals surface area (Å²) in [4.78, 5) is 6.79. The molecule has 3 nitrogen and oxygen atoms in total. The van der Waals surface area contributed by atoms with Crippen molar-refractivity contribution in [2.45, 2.75) is 18.9 Å². The van der Waals surface area contributed by atoms with Gasteiger partial charge in [0.25, 0.3) is 0 Å². The molecule has 0 spiro atoms. The first-order valence-electron chi connectivity index (χ1n) is 3.52. The average Bonchev–Trinajstić information content (AvgIpc) is 1.95. The molecule has 60 valence electrons. The first-order valence-corrected chi connectivity index (χ1v) is 3.52. The van der Waals surface area contributed by atoms with Gasteiger partial charge in [0.05, 0.1) is 6.10 Å². The molecule has 1 heterocycles. The van der Waals surface area contributed by atoms with Crippen LogP contribution in [0.3, 0.4) is 0 Å². The van der Waals surface area contributed by atoms with Crippen molar-refractivity contribution in [3.8, 4) is 0 Å². The average molecular weight is 148 g/mol. The van der Waals surface area contributed by atoms with Gasteiger partial charge in [0.2, 0.25) is 0 Å². The van der Waals surface area contributed by atoms with E-state index in [2.05, 4.69) is 16.8 Å². The van der Waals surface area contributed by atoms with Crippen LogP contribution in [0.1, 0.15) is 12.8 Å². The third-order valence-electron chi connectivity index (χ3n) is 1.88. The summed E-state index contributed by atoms with van der Waals surface area (Å²) in [6.45, 7) is 1.98. The Morgan fingerprint density at radius 3 is 2.60 bits per heavy atom. The molecule has 0 saturated carbocycles. The van der Waals surface area contributed by atoms with E-state index in [0.717, 1.165) is 25.9 Å². The van der Waals surface area contributed by atoms with Crippen molar-refractivity contribution in [2.24, 2.45) is 0 Å².